The molecule has 3 heterocycles. The number of imide groups is 1. The number of benzene rings is 3. The van der Waals surface area contributed by atoms with Crippen molar-refractivity contribution in [2.45, 2.75) is 28.8 Å². The highest BCUT2D eigenvalue weighted by Gasteiger charge is 2.70. The number of thiazole rings is 1. The van der Waals surface area contributed by atoms with Crippen LogP contribution in [-0.2, 0) is 20.6 Å². The molecule has 4 aromatic rings. The van der Waals surface area contributed by atoms with E-state index in [2.05, 4.69) is 26.2 Å². The molecule has 2 N–H and O–H groups in total. The smallest absolute Gasteiger partial charge is 0.416 e. The lowest BCUT2D eigenvalue weighted by Gasteiger charge is -2.43. The third kappa shape index (κ3) is 5.58. The highest BCUT2D eigenvalue weighted by molar-refractivity contribution is 9.10. The number of anilines is 2. The van der Waals surface area contributed by atoms with Crippen molar-refractivity contribution in [3.8, 4) is 5.75 Å². The molecular weight excluding hydrogens is 802 g/mol. The fraction of sp³-hybridized carbons (Fsp3) is 0.294. The summed E-state index contributed by atoms with van der Waals surface area (Å²) in [6.45, 7) is -0.351. The Kier molecular flexibility index (Phi) is 8.41. The maximum Gasteiger partial charge on any atom is 0.416 e. The van der Waals surface area contributed by atoms with Crippen LogP contribution < -0.4 is 19.8 Å². The first kappa shape index (κ1) is 33.8. The number of nitrogens with one attached hydrogen (secondary N) is 2. The topological polar surface area (TPSA) is 109 Å². The van der Waals surface area contributed by atoms with Crippen LogP contribution in [0, 0.1) is 29.6 Å². The van der Waals surface area contributed by atoms with Crippen LogP contribution in [0.4, 0.5) is 24.5 Å². The fourth-order valence-electron chi connectivity index (χ4n) is 8.25. The Hall–Kier alpha value is -3.30. The zero-order chi connectivity index (χ0) is 35.2. The summed E-state index contributed by atoms with van der Waals surface area (Å²) < 4.78 is 47.6. The number of hydrogen-bond donors (Lipinski definition) is 2. The van der Waals surface area contributed by atoms with Crippen molar-refractivity contribution in [3.05, 3.63) is 101 Å². The van der Waals surface area contributed by atoms with Gasteiger partial charge < -0.3 is 15.0 Å². The molecule has 8 rings (SSSR count). The average Bonchev–Trinajstić information content (AvgIpc) is 3.80. The largest absolute Gasteiger partial charge is 0.483 e. The number of thioether (sulfide) groups is 1. The summed E-state index contributed by atoms with van der Waals surface area (Å²) in [5.74, 6) is -3.67. The van der Waals surface area contributed by atoms with Gasteiger partial charge in [0.05, 0.1) is 38.2 Å². The van der Waals surface area contributed by atoms with Crippen LogP contribution in [-0.4, -0.2) is 34.6 Å². The van der Waals surface area contributed by atoms with E-state index in [0.717, 1.165) is 37.7 Å². The van der Waals surface area contributed by atoms with Crippen molar-refractivity contribution in [2.75, 3.05) is 16.8 Å². The lowest BCUT2D eigenvalue weighted by molar-refractivity contribution is -0.137. The van der Waals surface area contributed by atoms with Gasteiger partial charge in [0.15, 0.2) is 6.61 Å². The van der Waals surface area contributed by atoms with Crippen molar-refractivity contribution in [2.24, 2.45) is 29.6 Å². The number of alkyl halides is 3. The molecule has 1 aromatic heterocycles. The van der Waals surface area contributed by atoms with Crippen molar-refractivity contribution in [1.82, 2.24) is 4.98 Å². The van der Waals surface area contributed by atoms with E-state index in [1.165, 1.54) is 30.0 Å². The van der Waals surface area contributed by atoms with Gasteiger partial charge in [-0.2, -0.15) is 13.2 Å². The maximum absolute atomic E-state index is 14.1. The molecule has 258 valence electrons. The maximum atomic E-state index is 14.1. The first-order chi connectivity index (χ1) is 23.8. The quantitative estimate of drug-likeness (QED) is 0.190. The van der Waals surface area contributed by atoms with Crippen molar-refractivity contribution >= 4 is 91.3 Å². The number of nitrogens with zero attached hydrogens (tertiary/aromatic N) is 1. The number of hydrogen-bond acceptors (Lipinski definition) is 7. The van der Waals surface area contributed by atoms with Gasteiger partial charge in [0.25, 0.3) is 5.91 Å². The zero-order valence-electron chi connectivity index (χ0n) is 25.3. The van der Waals surface area contributed by atoms with E-state index >= 15 is 0 Å². The molecule has 3 fully saturated rings. The Morgan fingerprint density at radius 2 is 1.76 bits per heavy atom. The second-order valence-electron chi connectivity index (χ2n) is 12.7. The first-order valence-electron chi connectivity index (χ1n) is 15.4. The molecular formula is C34H23BrCl2F3N3O5S2. The second kappa shape index (κ2) is 12.4. The van der Waals surface area contributed by atoms with Gasteiger partial charge in [0.1, 0.15) is 5.75 Å². The van der Waals surface area contributed by atoms with E-state index in [1.807, 2.05) is 6.07 Å². The summed E-state index contributed by atoms with van der Waals surface area (Å²) in [6, 6.07) is 14.4. The number of amides is 3. The Bertz CT molecular complexity index is 2160. The molecule has 2 bridgehead atoms. The molecule has 4 aliphatic rings. The van der Waals surface area contributed by atoms with E-state index < -0.39 is 47.2 Å². The SMILES string of the molecule is O=C(COc1ccc(Br)cc1[C@H]1c2sc(=O)[nH]c2SC2C3CC(C4C(=O)N(c5cccc(C(F)(F)F)c5)C(=O)C34)C21)Nc1ccc(Cl)c(Cl)c1. The van der Waals surface area contributed by atoms with Gasteiger partial charge in [-0.05, 0) is 78.8 Å². The van der Waals surface area contributed by atoms with Crippen LogP contribution in [0.5, 0.6) is 5.75 Å². The fourth-order valence-corrected chi connectivity index (χ4v) is 11.8. The average molecular weight is 826 g/mol. The van der Waals surface area contributed by atoms with E-state index in [0.29, 0.717) is 33.5 Å². The molecule has 6 unspecified atom stereocenters. The molecule has 3 aromatic carbocycles. The van der Waals surface area contributed by atoms with Gasteiger partial charge in [0.2, 0.25) is 11.8 Å². The summed E-state index contributed by atoms with van der Waals surface area (Å²) in [7, 11) is 0. The van der Waals surface area contributed by atoms with Gasteiger partial charge >= 0.3 is 11.0 Å². The molecule has 8 nitrogen and oxygen atoms in total. The van der Waals surface area contributed by atoms with Crippen LogP contribution in [0.15, 0.2) is 75.0 Å². The number of aromatic nitrogens is 1. The molecule has 2 saturated carbocycles. The number of H-pyrrole nitrogens is 1. The summed E-state index contributed by atoms with van der Waals surface area (Å²) in [6.07, 6.45) is -4.06. The van der Waals surface area contributed by atoms with Crippen LogP contribution in [0.1, 0.15) is 28.3 Å². The molecule has 50 heavy (non-hydrogen) atoms. The van der Waals surface area contributed by atoms with Crippen LogP contribution in [0.2, 0.25) is 10.0 Å². The van der Waals surface area contributed by atoms with Crippen molar-refractivity contribution in [1.29, 1.82) is 0 Å². The summed E-state index contributed by atoms with van der Waals surface area (Å²) >= 11 is 18.2. The number of fused-ring (bicyclic) bond motifs is 9. The predicted molar refractivity (Wildman–Crippen MR) is 187 cm³/mol. The highest BCUT2D eigenvalue weighted by atomic mass is 79.9. The third-order valence-electron chi connectivity index (χ3n) is 10.0. The molecule has 7 atom stereocenters. The summed E-state index contributed by atoms with van der Waals surface area (Å²) in [4.78, 5) is 58.1. The number of halogens is 6. The molecule has 3 amide bonds. The van der Waals surface area contributed by atoms with Crippen LogP contribution >= 0.6 is 62.2 Å². The standard InChI is InChI=1S/C34H23BrCl2F3N3O5S2/c35-14-4-7-22(48-12-23(44)41-15-5-6-20(36)21(37)10-15)17(9-14)24-25-18-11-19(28(25)49-30-29(24)50-33(47)42-30)27-26(18)31(45)43(32(27)46)16-3-1-2-13(8-16)34(38,39)40/h1-10,18-19,24-28H,11-12H2,(H,41,44)(H,42,47)/t18?,19?,24-,25?,26?,27?,28?/m1/s1. The Labute approximate surface area is 308 Å². The molecule has 2 aliphatic carbocycles. The van der Waals surface area contributed by atoms with E-state index in [4.69, 9.17) is 27.9 Å². The minimum Gasteiger partial charge on any atom is -0.483 e. The van der Waals surface area contributed by atoms with Gasteiger partial charge in [-0.15, -0.1) is 11.8 Å². The van der Waals surface area contributed by atoms with E-state index in [-0.39, 0.29) is 45.2 Å². The third-order valence-corrected chi connectivity index (χ3v) is 13.8. The lowest BCUT2D eigenvalue weighted by Crippen LogP contribution is -2.42. The number of carbonyl (C=O) groups is 3. The summed E-state index contributed by atoms with van der Waals surface area (Å²) in [5.41, 5.74) is 0.0933. The molecule has 0 radical (unpaired) electrons. The van der Waals surface area contributed by atoms with E-state index in [1.54, 1.807) is 24.3 Å². The van der Waals surface area contributed by atoms with Gasteiger partial charge in [-0.1, -0.05) is 56.5 Å². The summed E-state index contributed by atoms with van der Waals surface area (Å²) in [5, 5.41) is 3.85. The van der Waals surface area contributed by atoms with Crippen molar-refractivity contribution < 1.29 is 32.3 Å². The van der Waals surface area contributed by atoms with Gasteiger partial charge in [-0.25, -0.2) is 0 Å². The molecule has 2 aliphatic heterocycles. The second-order valence-corrected chi connectivity index (χ2v) is 16.6. The molecule has 0 spiro atoms. The Morgan fingerprint density at radius 1 is 1.00 bits per heavy atom. The van der Waals surface area contributed by atoms with Crippen LogP contribution in [0.3, 0.4) is 0 Å². The number of carbonyl (C=O) groups excluding carboxylic acids is 3. The van der Waals surface area contributed by atoms with Crippen LogP contribution in [0.25, 0.3) is 0 Å². The van der Waals surface area contributed by atoms with E-state index in [9.17, 15) is 32.3 Å². The predicted octanol–water partition coefficient (Wildman–Crippen LogP) is 8.22. The van der Waals surface area contributed by atoms with Crippen molar-refractivity contribution in [3.63, 3.8) is 0 Å². The Morgan fingerprint density at radius 3 is 2.50 bits per heavy atom. The molecule has 1 saturated heterocycles. The Balaban J connectivity index is 1.13. The monoisotopic (exact) mass is 823 g/mol. The zero-order valence-corrected chi connectivity index (χ0v) is 30.0. The normalized spacial score (nSPS) is 26.5. The highest BCUT2D eigenvalue weighted by Crippen LogP contribution is 2.69. The number of ether oxygens (including phenoxy) is 1. The minimum absolute atomic E-state index is 0.0962. The number of rotatable bonds is 6. The minimum atomic E-state index is -4.64. The molecule has 16 heteroatoms. The number of aromatic amines is 1. The van der Waals surface area contributed by atoms with Gasteiger partial charge in [0, 0.05) is 31.8 Å². The lowest BCUT2D eigenvalue weighted by atomic mass is 9.68. The first-order valence-corrected chi connectivity index (χ1v) is 18.7. The van der Waals surface area contributed by atoms with Gasteiger partial charge in [-0.3, -0.25) is 24.1 Å².